The Labute approximate surface area is 123 Å². The fourth-order valence-electron chi connectivity index (χ4n) is 2.03. The molecule has 6 nitrogen and oxygen atoms in total. The van der Waals surface area contributed by atoms with E-state index in [4.69, 9.17) is 5.26 Å². The summed E-state index contributed by atoms with van der Waals surface area (Å²) in [6.45, 7) is 0.922. The first-order valence-electron chi connectivity index (χ1n) is 6.53. The summed E-state index contributed by atoms with van der Waals surface area (Å²) in [4.78, 5) is 13.9. The van der Waals surface area contributed by atoms with E-state index in [2.05, 4.69) is 10.4 Å². The maximum Gasteiger partial charge on any atom is 0.238 e. The number of likely N-dealkylation sites (N-methyl/N-ethyl adjacent to an activating group) is 1. The lowest BCUT2D eigenvalue weighted by Crippen LogP contribution is -2.29. The number of carbonyl (C=O) groups excluding carboxylic acids is 1. The predicted octanol–water partition coefficient (Wildman–Crippen LogP) is 1.36. The molecule has 1 aromatic heterocycles. The van der Waals surface area contributed by atoms with Crippen molar-refractivity contribution in [3.05, 3.63) is 47.8 Å². The second-order valence-corrected chi connectivity index (χ2v) is 4.94. The van der Waals surface area contributed by atoms with E-state index in [1.807, 2.05) is 31.3 Å². The average Bonchev–Trinajstić information content (AvgIpc) is 2.83. The lowest BCUT2D eigenvalue weighted by Gasteiger charge is -2.15. The number of hydrogen-bond acceptors (Lipinski definition) is 4. The minimum atomic E-state index is -0.114. The lowest BCUT2D eigenvalue weighted by molar-refractivity contribution is -0.117. The number of aromatic nitrogens is 2. The van der Waals surface area contributed by atoms with Gasteiger partial charge in [-0.2, -0.15) is 10.4 Å². The van der Waals surface area contributed by atoms with Crippen LogP contribution in [0.1, 0.15) is 11.1 Å². The Hall–Kier alpha value is -2.65. The molecule has 2 rings (SSSR count). The molecule has 1 aromatic carbocycles. The van der Waals surface area contributed by atoms with E-state index in [9.17, 15) is 4.79 Å². The number of amides is 1. The molecule has 1 amide bonds. The summed E-state index contributed by atoms with van der Waals surface area (Å²) in [5, 5.41) is 15.7. The van der Waals surface area contributed by atoms with Crippen LogP contribution in [0.25, 0.3) is 0 Å². The second kappa shape index (κ2) is 6.68. The van der Waals surface area contributed by atoms with Crippen LogP contribution in [0.2, 0.25) is 0 Å². The molecular formula is C15H17N5O. The minimum absolute atomic E-state index is 0.114. The van der Waals surface area contributed by atoms with Gasteiger partial charge < -0.3 is 5.32 Å². The van der Waals surface area contributed by atoms with Gasteiger partial charge in [0.05, 0.1) is 24.4 Å². The van der Waals surface area contributed by atoms with E-state index in [0.717, 1.165) is 5.56 Å². The molecule has 0 radical (unpaired) electrons. The van der Waals surface area contributed by atoms with E-state index in [-0.39, 0.29) is 12.5 Å². The maximum absolute atomic E-state index is 12.0. The first-order valence-corrected chi connectivity index (χ1v) is 6.53. The molecule has 0 unspecified atom stereocenters. The van der Waals surface area contributed by atoms with Crippen LogP contribution in [-0.2, 0) is 18.4 Å². The Morgan fingerprint density at radius 2 is 2.33 bits per heavy atom. The largest absolute Gasteiger partial charge is 0.325 e. The molecule has 0 saturated carbocycles. The number of nitriles is 1. The summed E-state index contributed by atoms with van der Waals surface area (Å²) in [6, 6.07) is 8.90. The number of rotatable bonds is 5. The third-order valence-electron chi connectivity index (χ3n) is 2.90. The highest BCUT2D eigenvalue weighted by molar-refractivity contribution is 5.92. The Morgan fingerprint density at radius 1 is 1.52 bits per heavy atom. The van der Waals surface area contributed by atoms with Gasteiger partial charge in [-0.1, -0.05) is 6.07 Å². The second-order valence-electron chi connectivity index (χ2n) is 4.94. The lowest BCUT2D eigenvalue weighted by atomic mass is 10.2. The summed E-state index contributed by atoms with van der Waals surface area (Å²) in [6.07, 6.45) is 3.70. The molecule has 0 atom stereocenters. The number of benzene rings is 1. The molecule has 2 aromatic rings. The summed E-state index contributed by atoms with van der Waals surface area (Å²) in [7, 11) is 3.73. The Balaban J connectivity index is 1.87. The highest BCUT2D eigenvalue weighted by Gasteiger charge is 2.08. The van der Waals surface area contributed by atoms with Gasteiger partial charge in [0.2, 0.25) is 5.91 Å². The van der Waals surface area contributed by atoms with Crippen LogP contribution >= 0.6 is 0 Å². The summed E-state index contributed by atoms with van der Waals surface area (Å²) < 4.78 is 1.73. The van der Waals surface area contributed by atoms with Crippen molar-refractivity contribution in [1.29, 1.82) is 5.26 Å². The van der Waals surface area contributed by atoms with Gasteiger partial charge in [0.25, 0.3) is 0 Å². The summed E-state index contributed by atoms with van der Waals surface area (Å²) in [5.41, 5.74) is 2.21. The van der Waals surface area contributed by atoms with Crippen molar-refractivity contribution in [3.63, 3.8) is 0 Å². The fraction of sp³-hybridized carbons (Fsp3) is 0.267. The van der Waals surface area contributed by atoms with Crippen LogP contribution in [0.3, 0.4) is 0 Å². The Bertz CT molecular complexity index is 671. The zero-order valence-corrected chi connectivity index (χ0v) is 12.1. The third kappa shape index (κ3) is 4.44. The molecule has 108 valence electrons. The monoisotopic (exact) mass is 283 g/mol. The van der Waals surface area contributed by atoms with Gasteiger partial charge in [0.15, 0.2) is 0 Å². The maximum atomic E-state index is 12.0. The highest BCUT2D eigenvalue weighted by atomic mass is 16.2. The highest BCUT2D eigenvalue weighted by Crippen LogP contribution is 2.10. The van der Waals surface area contributed by atoms with Crippen LogP contribution in [-0.4, -0.2) is 34.2 Å². The first-order chi connectivity index (χ1) is 10.1. The average molecular weight is 283 g/mol. The van der Waals surface area contributed by atoms with Gasteiger partial charge in [-0.25, -0.2) is 0 Å². The van der Waals surface area contributed by atoms with Gasteiger partial charge in [0, 0.05) is 31.0 Å². The standard InChI is InChI=1S/C15H17N5O/c1-19(9-13-8-17-20(2)10-13)11-15(21)18-14-5-3-4-12(6-14)7-16/h3-6,8,10H,9,11H2,1-2H3,(H,18,21). The SMILES string of the molecule is CN(CC(=O)Nc1cccc(C#N)c1)Cc1cnn(C)c1. The van der Waals surface area contributed by atoms with Gasteiger partial charge in [-0.05, 0) is 25.2 Å². The Morgan fingerprint density at radius 3 is 3.00 bits per heavy atom. The van der Waals surface area contributed by atoms with E-state index < -0.39 is 0 Å². The topological polar surface area (TPSA) is 74.0 Å². The zero-order chi connectivity index (χ0) is 15.2. The van der Waals surface area contributed by atoms with Crippen molar-refractivity contribution in [2.45, 2.75) is 6.54 Å². The molecule has 0 aliphatic rings. The molecule has 0 aliphatic heterocycles. The van der Waals surface area contributed by atoms with Gasteiger partial charge in [0.1, 0.15) is 0 Å². The molecular weight excluding hydrogens is 266 g/mol. The van der Waals surface area contributed by atoms with Gasteiger partial charge >= 0.3 is 0 Å². The van der Waals surface area contributed by atoms with Gasteiger partial charge in [-0.3, -0.25) is 14.4 Å². The molecule has 6 heteroatoms. The number of nitrogens with one attached hydrogen (secondary N) is 1. The van der Waals surface area contributed by atoms with Crippen molar-refractivity contribution in [2.24, 2.45) is 7.05 Å². The van der Waals surface area contributed by atoms with Crippen molar-refractivity contribution in [3.8, 4) is 6.07 Å². The van der Waals surface area contributed by atoms with E-state index in [1.165, 1.54) is 0 Å². The third-order valence-corrected chi connectivity index (χ3v) is 2.90. The molecule has 0 bridgehead atoms. The van der Waals surface area contributed by atoms with Crippen LogP contribution in [0.15, 0.2) is 36.7 Å². The molecule has 0 fully saturated rings. The molecule has 1 N–H and O–H groups in total. The Kier molecular flexibility index (Phi) is 4.69. The quantitative estimate of drug-likeness (QED) is 0.899. The normalized spacial score (nSPS) is 10.4. The first kappa shape index (κ1) is 14.8. The predicted molar refractivity (Wildman–Crippen MR) is 79.3 cm³/mol. The van der Waals surface area contributed by atoms with Crippen molar-refractivity contribution in [2.75, 3.05) is 18.9 Å². The summed E-state index contributed by atoms with van der Waals surface area (Å²) >= 11 is 0. The number of aryl methyl sites for hydroxylation is 1. The van der Waals surface area contributed by atoms with Crippen molar-refractivity contribution in [1.82, 2.24) is 14.7 Å². The van der Waals surface area contributed by atoms with Crippen molar-refractivity contribution < 1.29 is 4.79 Å². The molecule has 1 heterocycles. The van der Waals surface area contributed by atoms with Gasteiger partial charge in [-0.15, -0.1) is 0 Å². The van der Waals surface area contributed by atoms with Crippen LogP contribution in [0, 0.1) is 11.3 Å². The number of hydrogen-bond donors (Lipinski definition) is 1. The van der Waals surface area contributed by atoms with E-state index >= 15 is 0 Å². The number of nitrogens with zero attached hydrogens (tertiary/aromatic N) is 4. The van der Waals surface area contributed by atoms with E-state index in [1.54, 1.807) is 35.1 Å². The van der Waals surface area contributed by atoms with Crippen LogP contribution in [0.5, 0.6) is 0 Å². The molecule has 0 aliphatic carbocycles. The molecule has 0 saturated heterocycles. The fourth-order valence-corrected chi connectivity index (χ4v) is 2.03. The molecule has 0 spiro atoms. The minimum Gasteiger partial charge on any atom is -0.325 e. The zero-order valence-electron chi connectivity index (χ0n) is 12.1. The molecule has 21 heavy (non-hydrogen) atoms. The van der Waals surface area contributed by atoms with E-state index in [0.29, 0.717) is 17.8 Å². The van der Waals surface area contributed by atoms with Crippen LogP contribution < -0.4 is 5.32 Å². The number of carbonyl (C=O) groups is 1. The van der Waals surface area contributed by atoms with Crippen molar-refractivity contribution >= 4 is 11.6 Å². The number of anilines is 1. The summed E-state index contributed by atoms with van der Waals surface area (Å²) in [5.74, 6) is -0.114. The smallest absolute Gasteiger partial charge is 0.238 e. The van der Waals surface area contributed by atoms with Crippen LogP contribution in [0.4, 0.5) is 5.69 Å².